The van der Waals surface area contributed by atoms with Crippen LogP contribution in [0, 0.1) is 5.92 Å². The van der Waals surface area contributed by atoms with E-state index < -0.39 is 0 Å². The van der Waals surface area contributed by atoms with Crippen molar-refractivity contribution in [1.29, 1.82) is 0 Å². The minimum atomic E-state index is 0.315. The van der Waals surface area contributed by atoms with Gasteiger partial charge in [-0.3, -0.25) is 4.79 Å². The van der Waals surface area contributed by atoms with E-state index in [2.05, 4.69) is 24.1 Å². The van der Waals surface area contributed by atoms with Crippen molar-refractivity contribution >= 4 is 5.91 Å². The van der Waals surface area contributed by atoms with Crippen LogP contribution in [-0.4, -0.2) is 36.0 Å². The Bertz CT molecular complexity index is 263. The number of amides is 1. The van der Waals surface area contributed by atoms with Gasteiger partial charge < -0.3 is 10.2 Å². The van der Waals surface area contributed by atoms with Crippen LogP contribution in [0.2, 0.25) is 0 Å². The first-order chi connectivity index (χ1) is 8.18. The smallest absolute Gasteiger partial charge is 0.236 e. The van der Waals surface area contributed by atoms with Gasteiger partial charge in [0.1, 0.15) is 0 Å². The van der Waals surface area contributed by atoms with Gasteiger partial charge in [0.2, 0.25) is 5.91 Å². The molecule has 1 aliphatic carbocycles. The van der Waals surface area contributed by atoms with Gasteiger partial charge in [-0.1, -0.05) is 26.7 Å². The molecule has 17 heavy (non-hydrogen) atoms. The summed E-state index contributed by atoms with van der Waals surface area (Å²) in [6.45, 7) is 5.68. The molecule has 1 saturated carbocycles. The second-order valence-electron chi connectivity index (χ2n) is 5.88. The zero-order valence-electron chi connectivity index (χ0n) is 11.2. The third kappa shape index (κ3) is 3.21. The molecular formula is C14H26N2O. The number of hydrogen-bond acceptors (Lipinski definition) is 2. The zero-order valence-corrected chi connectivity index (χ0v) is 11.2. The molecule has 1 aliphatic heterocycles. The van der Waals surface area contributed by atoms with Crippen LogP contribution < -0.4 is 5.32 Å². The molecular weight excluding hydrogens is 212 g/mol. The van der Waals surface area contributed by atoms with Crippen LogP contribution >= 0.6 is 0 Å². The third-order valence-electron chi connectivity index (χ3n) is 4.23. The van der Waals surface area contributed by atoms with E-state index in [1.54, 1.807) is 0 Å². The number of nitrogens with zero attached hydrogens (tertiary/aromatic N) is 1. The van der Waals surface area contributed by atoms with Crippen molar-refractivity contribution in [2.75, 3.05) is 13.1 Å². The highest BCUT2D eigenvalue weighted by Gasteiger charge is 2.35. The van der Waals surface area contributed by atoms with Crippen molar-refractivity contribution < 1.29 is 4.79 Å². The Morgan fingerprint density at radius 2 is 1.94 bits per heavy atom. The number of carbonyl (C=O) groups excluding carboxylic acids is 1. The molecule has 1 amide bonds. The average molecular weight is 238 g/mol. The average Bonchev–Trinajstić information content (AvgIpc) is 2.35. The molecule has 2 atom stereocenters. The van der Waals surface area contributed by atoms with Crippen LogP contribution in [0.4, 0.5) is 0 Å². The Balaban J connectivity index is 1.91. The maximum Gasteiger partial charge on any atom is 0.236 e. The quantitative estimate of drug-likeness (QED) is 0.817. The zero-order chi connectivity index (χ0) is 12.3. The molecule has 0 aromatic heterocycles. The molecule has 0 radical (unpaired) electrons. The van der Waals surface area contributed by atoms with E-state index in [0.717, 1.165) is 12.5 Å². The van der Waals surface area contributed by atoms with Gasteiger partial charge >= 0.3 is 0 Å². The van der Waals surface area contributed by atoms with Gasteiger partial charge in [0.25, 0.3) is 0 Å². The lowest BCUT2D eigenvalue weighted by molar-refractivity contribution is -0.136. The topological polar surface area (TPSA) is 32.3 Å². The van der Waals surface area contributed by atoms with Gasteiger partial charge in [-0.2, -0.15) is 0 Å². The number of carbonyl (C=O) groups is 1. The van der Waals surface area contributed by atoms with Gasteiger partial charge in [0, 0.05) is 18.6 Å². The Hall–Kier alpha value is -0.570. The van der Waals surface area contributed by atoms with Gasteiger partial charge in [0.15, 0.2) is 0 Å². The van der Waals surface area contributed by atoms with Crippen LogP contribution in [0.15, 0.2) is 0 Å². The molecule has 0 aromatic rings. The van der Waals surface area contributed by atoms with Gasteiger partial charge in [-0.05, 0) is 31.6 Å². The SMILES string of the molecule is CC(C)NCC(=O)N1CCCC2CCCCC21. The number of rotatable bonds is 3. The van der Waals surface area contributed by atoms with Crippen molar-refractivity contribution in [2.24, 2.45) is 5.92 Å². The summed E-state index contributed by atoms with van der Waals surface area (Å²) in [7, 11) is 0. The van der Waals surface area contributed by atoms with Crippen LogP contribution in [0.25, 0.3) is 0 Å². The molecule has 0 bridgehead atoms. The molecule has 2 rings (SSSR count). The third-order valence-corrected chi connectivity index (χ3v) is 4.23. The van der Waals surface area contributed by atoms with E-state index in [0.29, 0.717) is 24.5 Å². The first kappa shape index (κ1) is 12.9. The van der Waals surface area contributed by atoms with Crippen molar-refractivity contribution in [1.82, 2.24) is 10.2 Å². The van der Waals surface area contributed by atoms with E-state index in [9.17, 15) is 4.79 Å². The summed E-state index contributed by atoms with van der Waals surface area (Å²) in [4.78, 5) is 14.4. The minimum absolute atomic E-state index is 0.315. The molecule has 3 heteroatoms. The fourth-order valence-corrected chi connectivity index (χ4v) is 3.33. The second-order valence-corrected chi connectivity index (χ2v) is 5.88. The molecule has 0 spiro atoms. The summed E-state index contributed by atoms with van der Waals surface area (Å²) >= 11 is 0. The van der Waals surface area contributed by atoms with Crippen molar-refractivity contribution in [2.45, 2.75) is 64.5 Å². The normalized spacial score (nSPS) is 29.2. The van der Waals surface area contributed by atoms with Crippen LogP contribution in [0.1, 0.15) is 52.4 Å². The molecule has 98 valence electrons. The second kappa shape index (κ2) is 5.85. The fourth-order valence-electron chi connectivity index (χ4n) is 3.33. The molecule has 1 heterocycles. The Kier molecular flexibility index (Phi) is 4.43. The van der Waals surface area contributed by atoms with Gasteiger partial charge in [-0.25, -0.2) is 0 Å². The first-order valence-corrected chi connectivity index (χ1v) is 7.21. The van der Waals surface area contributed by atoms with Crippen molar-refractivity contribution in [3.8, 4) is 0 Å². The molecule has 2 aliphatic rings. The summed E-state index contributed by atoms with van der Waals surface area (Å²) in [6, 6.07) is 0.949. The van der Waals surface area contributed by atoms with Gasteiger partial charge in [0.05, 0.1) is 6.54 Å². The highest BCUT2D eigenvalue weighted by atomic mass is 16.2. The fraction of sp³-hybridized carbons (Fsp3) is 0.929. The molecule has 0 aromatic carbocycles. The first-order valence-electron chi connectivity index (χ1n) is 7.21. The molecule has 3 nitrogen and oxygen atoms in total. The summed E-state index contributed by atoms with van der Waals surface area (Å²) in [6.07, 6.45) is 7.79. The lowest BCUT2D eigenvalue weighted by Crippen LogP contribution is -2.52. The number of likely N-dealkylation sites (tertiary alicyclic amines) is 1. The van der Waals surface area contributed by atoms with Gasteiger partial charge in [-0.15, -0.1) is 0 Å². The van der Waals surface area contributed by atoms with Crippen LogP contribution in [-0.2, 0) is 4.79 Å². The van der Waals surface area contributed by atoms with E-state index >= 15 is 0 Å². The lowest BCUT2D eigenvalue weighted by atomic mass is 9.78. The van der Waals surface area contributed by atoms with Crippen LogP contribution in [0.3, 0.4) is 0 Å². The number of hydrogen-bond donors (Lipinski definition) is 1. The van der Waals surface area contributed by atoms with Crippen molar-refractivity contribution in [3.05, 3.63) is 0 Å². The highest BCUT2D eigenvalue weighted by molar-refractivity contribution is 5.78. The molecule has 2 fully saturated rings. The van der Waals surface area contributed by atoms with E-state index in [1.165, 1.54) is 38.5 Å². The van der Waals surface area contributed by atoms with Crippen molar-refractivity contribution in [3.63, 3.8) is 0 Å². The maximum atomic E-state index is 12.2. The standard InChI is InChI=1S/C14H26N2O/c1-11(2)15-10-14(17)16-9-5-7-12-6-3-4-8-13(12)16/h11-13,15H,3-10H2,1-2H3. The Labute approximate surface area is 105 Å². The van der Waals surface area contributed by atoms with Crippen LogP contribution in [0.5, 0.6) is 0 Å². The highest BCUT2D eigenvalue weighted by Crippen LogP contribution is 2.35. The Morgan fingerprint density at radius 3 is 2.71 bits per heavy atom. The predicted molar refractivity (Wildman–Crippen MR) is 69.8 cm³/mol. The van der Waals surface area contributed by atoms with E-state index in [1.807, 2.05) is 0 Å². The minimum Gasteiger partial charge on any atom is -0.338 e. The largest absolute Gasteiger partial charge is 0.338 e. The monoisotopic (exact) mass is 238 g/mol. The summed E-state index contributed by atoms with van der Waals surface area (Å²) < 4.78 is 0. The molecule has 1 saturated heterocycles. The van der Waals surface area contributed by atoms with E-state index in [-0.39, 0.29) is 0 Å². The Morgan fingerprint density at radius 1 is 1.24 bits per heavy atom. The number of piperidine rings is 1. The maximum absolute atomic E-state index is 12.2. The predicted octanol–water partition coefficient (Wildman–Crippen LogP) is 2.17. The molecule has 2 unspecified atom stereocenters. The summed E-state index contributed by atoms with van der Waals surface area (Å²) in [5.74, 6) is 1.11. The van der Waals surface area contributed by atoms with E-state index in [4.69, 9.17) is 0 Å². The lowest BCUT2D eigenvalue weighted by Gasteiger charge is -2.44. The number of fused-ring (bicyclic) bond motifs is 1. The molecule has 1 N–H and O–H groups in total. The summed E-state index contributed by atoms with van der Waals surface area (Å²) in [5, 5.41) is 3.25. The summed E-state index contributed by atoms with van der Waals surface area (Å²) in [5.41, 5.74) is 0. The number of nitrogens with one attached hydrogen (secondary N) is 1.